The van der Waals surface area contributed by atoms with Crippen LogP contribution < -0.4 is 0 Å². The molecule has 0 aliphatic rings. The van der Waals surface area contributed by atoms with Crippen LogP contribution in [0.3, 0.4) is 0 Å². The van der Waals surface area contributed by atoms with Crippen molar-refractivity contribution in [2.24, 2.45) is 0 Å². The zero-order chi connectivity index (χ0) is 13.6. The van der Waals surface area contributed by atoms with Crippen LogP contribution in [0.2, 0.25) is 0 Å². The predicted octanol–water partition coefficient (Wildman–Crippen LogP) is -0.173. The fraction of sp³-hybridized carbons (Fsp3) is 1.00. The van der Waals surface area contributed by atoms with Crippen molar-refractivity contribution < 1.29 is 29.8 Å². The lowest BCUT2D eigenvalue weighted by Crippen LogP contribution is -2.51. The van der Waals surface area contributed by atoms with Crippen molar-refractivity contribution in [3.63, 3.8) is 0 Å². The molecule has 0 saturated heterocycles. The molecule has 0 saturated carbocycles. The second kappa shape index (κ2) is 6.50. The van der Waals surface area contributed by atoms with Gasteiger partial charge in [0.1, 0.15) is 0 Å². The summed E-state index contributed by atoms with van der Waals surface area (Å²) < 4.78 is 57.6. The molecule has 0 spiro atoms. The first-order valence-electron chi connectivity index (χ1n) is 4.68. The minimum absolute atomic E-state index is 0.243. The van der Waals surface area contributed by atoms with Gasteiger partial charge in [0, 0.05) is 6.26 Å². The molecule has 1 N–H and O–H groups in total. The topological polar surface area (TPSA) is 112 Å². The lowest BCUT2D eigenvalue weighted by atomic mass is 10.5. The molecular formula is C7H19NO6S2. The summed E-state index contributed by atoms with van der Waals surface area (Å²) in [5.74, 6) is 0. The van der Waals surface area contributed by atoms with Gasteiger partial charge in [-0.1, -0.05) is 0 Å². The monoisotopic (exact) mass is 277 g/mol. The lowest BCUT2D eigenvalue weighted by molar-refractivity contribution is -0.804. The molecule has 0 heterocycles. The summed E-state index contributed by atoms with van der Waals surface area (Å²) in [6.07, 6.45) is 0.604. The minimum Gasteiger partial charge on any atom is -0.748 e. The van der Waals surface area contributed by atoms with E-state index >= 15 is 0 Å². The van der Waals surface area contributed by atoms with E-state index in [-0.39, 0.29) is 3.89 Å². The molecule has 0 rings (SSSR count). The Kier molecular flexibility index (Phi) is 7.37. The lowest BCUT2D eigenvalue weighted by Gasteiger charge is -2.29. The van der Waals surface area contributed by atoms with Gasteiger partial charge in [-0.3, -0.25) is 0 Å². The van der Waals surface area contributed by atoms with Crippen molar-refractivity contribution in [2.45, 2.75) is 20.8 Å². The van der Waals surface area contributed by atoms with Crippen LogP contribution in [0.25, 0.3) is 0 Å². The zero-order valence-corrected chi connectivity index (χ0v) is 11.5. The Morgan fingerprint density at radius 3 is 1.19 bits per heavy atom. The predicted molar refractivity (Wildman–Crippen MR) is 59.1 cm³/mol. The first-order valence-corrected chi connectivity index (χ1v) is 7.89. The standard InChI is InChI=1S/C6H15NO3S.CH4O3S/c1-4-7(5-2,6-3)11(8,9)10;1-5(2,3)4/h4-6H2,1-3H3;1H3,(H,2,3,4). The molecule has 0 radical (unpaired) electrons. The summed E-state index contributed by atoms with van der Waals surface area (Å²) in [4.78, 5) is 0. The Labute approximate surface area is 97.3 Å². The third-order valence-corrected chi connectivity index (χ3v) is 3.97. The molecule has 0 amide bonds. The van der Waals surface area contributed by atoms with E-state index in [0.29, 0.717) is 25.9 Å². The molecule has 0 unspecified atom stereocenters. The summed E-state index contributed by atoms with van der Waals surface area (Å²) >= 11 is 0. The molecule has 9 heteroatoms. The fourth-order valence-electron chi connectivity index (χ4n) is 1.16. The second-order valence-corrected chi connectivity index (χ2v) is 6.24. The van der Waals surface area contributed by atoms with Crippen molar-refractivity contribution >= 4 is 20.4 Å². The molecule has 7 nitrogen and oxygen atoms in total. The van der Waals surface area contributed by atoms with E-state index in [1.807, 2.05) is 0 Å². The van der Waals surface area contributed by atoms with Gasteiger partial charge >= 0.3 is 10.3 Å². The van der Waals surface area contributed by atoms with Gasteiger partial charge in [0.25, 0.3) is 0 Å². The highest BCUT2D eigenvalue weighted by atomic mass is 32.2. The molecular weight excluding hydrogens is 258 g/mol. The quantitative estimate of drug-likeness (QED) is 0.564. The molecule has 0 aliphatic carbocycles. The maximum absolute atomic E-state index is 10.9. The van der Waals surface area contributed by atoms with Crippen molar-refractivity contribution in [3.8, 4) is 0 Å². The highest BCUT2D eigenvalue weighted by Gasteiger charge is 2.35. The van der Waals surface area contributed by atoms with Gasteiger partial charge in [0.2, 0.25) is 0 Å². The van der Waals surface area contributed by atoms with Gasteiger partial charge in [-0.2, -0.15) is 3.89 Å². The highest BCUT2D eigenvalue weighted by Crippen LogP contribution is 2.11. The molecule has 0 bridgehead atoms. The van der Waals surface area contributed by atoms with Crippen LogP contribution >= 0.6 is 0 Å². The van der Waals surface area contributed by atoms with Gasteiger partial charge in [-0.05, 0) is 20.8 Å². The van der Waals surface area contributed by atoms with E-state index in [0.717, 1.165) is 0 Å². The van der Waals surface area contributed by atoms with Crippen molar-refractivity contribution in [3.05, 3.63) is 0 Å². The second-order valence-electron chi connectivity index (χ2n) is 3.16. The Balaban J connectivity index is 0. The van der Waals surface area contributed by atoms with Gasteiger partial charge in [0.05, 0.1) is 29.8 Å². The number of hydrogen-bond acceptors (Lipinski definition) is 5. The largest absolute Gasteiger partial charge is 0.748 e. The SMILES string of the molecule is CC[N+](CC)(CC)S(=O)(=O)O.CS(=O)(=O)[O-]. The number of hydrogen-bond donors (Lipinski definition) is 1. The van der Waals surface area contributed by atoms with Crippen molar-refractivity contribution in [1.29, 1.82) is 0 Å². The molecule has 0 aliphatic heterocycles. The van der Waals surface area contributed by atoms with E-state index in [1.165, 1.54) is 0 Å². The van der Waals surface area contributed by atoms with Crippen LogP contribution in [0.1, 0.15) is 20.8 Å². The molecule has 16 heavy (non-hydrogen) atoms. The molecule has 0 aromatic heterocycles. The first-order chi connectivity index (χ1) is 6.93. The van der Waals surface area contributed by atoms with Crippen molar-refractivity contribution in [2.75, 3.05) is 25.9 Å². The van der Waals surface area contributed by atoms with E-state index in [1.54, 1.807) is 20.8 Å². The maximum Gasteiger partial charge on any atom is 0.432 e. The van der Waals surface area contributed by atoms with E-state index in [9.17, 15) is 8.42 Å². The normalized spacial score (nSPS) is 12.9. The third kappa shape index (κ3) is 7.12. The number of quaternary nitrogens is 1. The highest BCUT2D eigenvalue weighted by molar-refractivity contribution is 7.84. The Bertz CT molecular complexity index is 365. The van der Waals surface area contributed by atoms with Crippen LogP contribution in [0.15, 0.2) is 0 Å². The van der Waals surface area contributed by atoms with Crippen LogP contribution in [-0.4, -0.2) is 55.7 Å². The van der Waals surface area contributed by atoms with Crippen LogP contribution in [-0.2, 0) is 20.4 Å². The van der Waals surface area contributed by atoms with Crippen molar-refractivity contribution in [1.82, 2.24) is 0 Å². The van der Waals surface area contributed by atoms with Gasteiger partial charge in [0.15, 0.2) is 0 Å². The Hall–Kier alpha value is -0.220. The van der Waals surface area contributed by atoms with E-state index < -0.39 is 20.4 Å². The molecule has 0 aromatic rings. The minimum atomic E-state index is -3.94. The van der Waals surface area contributed by atoms with E-state index in [4.69, 9.17) is 17.5 Å². The average Bonchev–Trinajstić information content (AvgIpc) is 2.02. The van der Waals surface area contributed by atoms with Crippen LogP contribution in [0.4, 0.5) is 0 Å². The summed E-state index contributed by atoms with van der Waals surface area (Å²) in [5, 5.41) is 0. The zero-order valence-electron chi connectivity index (χ0n) is 9.87. The van der Waals surface area contributed by atoms with Gasteiger partial charge in [-0.25, -0.2) is 13.0 Å². The average molecular weight is 277 g/mol. The molecule has 0 fully saturated rings. The third-order valence-electron chi connectivity index (χ3n) is 2.22. The molecule has 0 atom stereocenters. The van der Waals surface area contributed by atoms with E-state index in [2.05, 4.69) is 0 Å². The first kappa shape index (κ1) is 18.2. The maximum atomic E-state index is 10.9. The summed E-state index contributed by atoms with van der Waals surface area (Å²) in [6, 6.07) is 0. The summed E-state index contributed by atoms with van der Waals surface area (Å²) in [5.41, 5.74) is 0. The van der Waals surface area contributed by atoms with Gasteiger partial charge in [-0.15, -0.1) is 8.42 Å². The fourth-order valence-corrected chi connectivity index (χ4v) is 2.14. The molecule has 0 aromatic carbocycles. The molecule has 100 valence electrons. The smallest absolute Gasteiger partial charge is 0.432 e. The van der Waals surface area contributed by atoms with Crippen LogP contribution in [0, 0.1) is 0 Å². The number of rotatable bonds is 4. The summed E-state index contributed by atoms with van der Waals surface area (Å²) in [7, 11) is -7.86. The Morgan fingerprint density at radius 2 is 1.19 bits per heavy atom. The Morgan fingerprint density at radius 1 is 1.00 bits per heavy atom. The summed E-state index contributed by atoms with van der Waals surface area (Å²) in [6.45, 7) is 6.48. The van der Waals surface area contributed by atoms with Crippen LogP contribution in [0.5, 0.6) is 0 Å². The van der Waals surface area contributed by atoms with Gasteiger partial charge < -0.3 is 4.55 Å². The number of nitrogens with zero attached hydrogens (tertiary/aromatic N) is 1.